The van der Waals surface area contributed by atoms with Gasteiger partial charge in [-0.05, 0) is 0 Å². The maximum Gasteiger partial charge on any atom is -0.0809 e. The molecule has 0 aliphatic carbocycles. The van der Waals surface area contributed by atoms with Gasteiger partial charge in [-0.3, -0.25) is 0 Å². The zero-order chi connectivity index (χ0) is 5.41. The summed E-state index contributed by atoms with van der Waals surface area (Å²) in [5.74, 6) is 0. The molecule has 0 saturated carbocycles. The van der Waals surface area contributed by atoms with E-state index in [-0.39, 0.29) is 18.9 Å². The van der Waals surface area contributed by atoms with Crippen LogP contribution in [0.25, 0.3) is 0 Å². The van der Waals surface area contributed by atoms with Gasteiger partial charge in [0.05, 0.1) is 0 Å². The smallest absolute Gasteiger partial charge is 0.0809 e. The highest BCUT2D eigenvalue weighted by atomic mass is 16.6. The van der Waals surface area contributed by atoms with Gasteiger partial charge in [0.1, 0.15) is 0 Å². The monoisotopic (exact) mass is 127 g/mol. The zero-order valence-electron chi connectivity index (χ0n) is 5.38. The minimum absolute atomic E-state index is 0. The first-order valence-electron chi connectivity index (χ1n) is 1.36. The van der Waals surface area contributed by atoms with Crippen LogP contribution >= 0.6 is 0 Å². The van der Waals surface area contributed by atoms with Crippen molar-refractivity contribution >= 4 is 0 Å². The fraction of sp³-hybridized carbons (Fsp3) is 1.00. The van der Waals surface area contributed by atoms with E-state index in [0.717, 1.165) is 5.34 Å². The molecule has 54 valence electrons. The van der Waals surface area contributed by atoms with E-state index in [1.807, 2.05) is 0 Å². The van der Waals surface area contributed by atoms with E-state index >= 15 is 0 Å². The molecule has 0 saturated heterocycles. The van der Waals surface area contributed by atoms with Crippen LogP contribution < -0.4 is 17.4 Å². The number of rotatable bonds is 0. The first-order chi connectivity index (χ1) is 2.83. The summed E-state index contributed by atoms with van der Waals surface area (Å²) in [7, 11) is 0. The molecule has 0 heterocycles. The molecule has 0 atom stereocenters. The maximum atomic E-state index is 8.93. The quantitative estimate of drug-likeness (QED) is 0.357. The first kappa shape index (κ1) is 26.7. The van der Waals surface area contributed by atoms with Crippen LogP contribution in [0.3, 0.4) is 0 Å². The Kier molecular flexibility index (Phi) is 356. The van der Waals surface area contributed by atoms with Crippen LogP contribution in [0.2, 0.25) is 0 Å². The summed E-state index contributed by atoms with van der Waals surface area (Å²) in [5.41, 5.74) is 0. The molecule has 0 aliphatic heterocycles. The van der Waals surface area contributed by atoms with Crippen LogP contribution in [0.1, 0.15) is 6.92 Å². The van der Waals surface area contributed by atoms with E-state index < -0.39 is 0 Å². The second-order valence-electron chi connectivity index (χ2n) is 0.363. The van der Waals surface area contributed by atoms with Crippen LogP contribution in [0.5, 0.6) is 0 Å². The molecule has 8 heavy (non-hydrogen) atoms. The van der Waals surface area contributed by atoms with Crippen molar-refractivity contribution in [3.63, 3.8) is 0 Å². The summed E-state index contributed by atoms with van der Waals surface area (Å²) in [4.78, 5) is 8.00. The van der Waals surface area contributed by atoms with Crippen molar-refractivity contribution in [3.8, 4) is 0 Å². The predicted octanol–water partition coefficient (Wildman–Crippen LogP) is 0.370. The molecule has 0 spiro atoms. The Labute approximate surface area is 47.6 Å². The molecule has 0 aromatic heterocycles. The van der Waals surface area contributed by atoms with E-state index in [4.69, 9.17) is 15.2 Å². The molecule has 6 nitrogen and oxygen atoms in total. The zero-order valence-corrected chi connectivity index (χ0v) is 5.38. The highest BCUT2D eigenvalue weighted by molar-refractivity contribution is 4.21. The Morgan fingerprint density at radius 1 is 1.50 bits per heavy atom. The largest absolute Gasteiger partial charge is 0.855 e. The van der Waals surface area contributed by atoms with Gasteiger partial charge < -0.3 is 27.5 Å². The van der Waals surface area contributed by atoms with Crippen LogP contribution in [0, 0.1) is 10.1 Å². The number of hydrogen-bond donors (Lipinski definition) is 2. The van der Waals surface area contributed by atoms with Crippen molar-refractivity contribution in [1.29, 1.82) is 0 Å². The summed E-state index contributed by atoms with van der Waals surface area (Å²) in [5, 5.41) is 17.9. The molecule has 0 unspecified atom stereocenters. The summed E-state index contributed by atoms with van der Waals surface area (Å²) in [6.45, 7) is 1.57. The molecule has 0 bridgehead atoms. The van der Waals surface area contributed by atoms with E-state index in [0.29, 0.717) is 0 Å². The van der Waals surface area contributed by atoms with Crippen molar-refractivity contribution in [3.05, 3.63) is 10.1 Å². The van der Waals surface area contributed by atoms with Gasteiger partial charge in [0.25, 0.3) is 0 Å². The normalized spacial score (nSPS) is 3.75. The van der Waals surface area contributed by atoms with Gasteiger partial charge in [0, 0.05) is 0 Å². The Morgan fingerprint density at radius 2 is 1.50 bits per heavy atom. The Balaban J connectivity index is -0.0000000160. The van der Waals surface area contributed by atoms with Crippen LogP contribution in [0.4, 0.5) is 0 Å². The van der Waals surface area contributed by atoms with Crippen molar-refractivity contribution < 1.29 is 5.11 Å². The third-order valence-corrected chi connectivity index (χ3v) is 0. The molecular formula is C2H13N3O3. The van der Waals surface area contributed by atoms with Gasteiger partial charge in [-0.25, -0.2) is 0 Å². The van der Waals surface area contributed by atoms with Gasteiger partial charge in [-0.2, -0.15) is 0 Å². The minimum Gasteiger partial charge on any atom is -0.855 e. The molecule has 6 heteroatoms. The number of hydrogen-bond acceptors (Lipinski definition) is 4. The van der Waals surface area contributed by atoms with Gasteiger partial charge in [0.2, 0.25) is 0 Å². The average molecular weight is 127 g/mol. The van der Waals surface area contributed by atoms with Crippen molar-refractivity contribution in [1.82, 2.24) is 12.3 Å². The lowest BCUT2D eigenvalue weighted by molar-refractivity contribution is -0.361. The molecule has 0 radical (unpaired) electrons. The lowest BCUT2D eigenvalue weighted by Crippen LogP contribution is -1.97. The highest BCUT2D eigenvalue weighted by Gasteiger charge is 1.16. The molecule has 0 rings (SSSR count). The topological polar surface area (TPSA) is 149 Å². The Morgan fingerprint density at radius 3 is 1.50 bits per heavy atom. The third kappa shape index (κ3) is 187. The fourth-order valence-electron chi connectivity index (χ4n) is 0. The van der Waals surface area contributed by atoms with E-state index in [9.17, 15) is 0 Å². The highest BCUT2D eigenvalue weighted by Crippen LogP contribution is 1.34. The second kappa shape index (κ2) is 107. The van der Waals surface area contributed by atoms with Gasteiger partial charge in [-0.15, -0.1) is 11.9 Å². The average Bonchev–Trinajstić information content (AvgIpc) is 1.39. The molecule has 0 aromatic carbocycles. The summed E-state index contributed by atoms with van der Waals surface area (Å²) in [6, 6.07) is 0. The van der Waals surface area contributed by atoms with E-state index in [1.54, 1.807) is 6.92 Å². The number of quaternary nitrogens is 2. The lowest BCUT2D eigenvalue weighted by Gasteiger charge is -1.79. The Bertz CT molecular complexity index is 26.5. The first-order valence-corrected chi connectivity index (χ1v) is 1.36. The number of nitrogens with zero attached hydrogens (tertiary/aromatic N) is 1. The van der Waals surface area contributed by atoms with Gasteiger partial charge in [-0.1, -0.05) is 6.92 Å². The third-order valence-electron chi connectivity index (χ3n) is 0. The predicted molar refractivity (Wildman–Crippen MR) is 31.7 cm³/mol. The van der Waals surface area contributed by atoms with Gasteiger partial charge >= 0.3 is 0 Å². The van der Waals surface area contributed by atoms with Crippen LogP contribution in [-0.2, 0) is 0 Å². The van der Waals surface area contributed by atoms with Crippen LogP contribution in [-0.4, -0.2) is 6.61 Å². The second-order valence-corrected chi connectivity index (χ2v) is 0.363. The fourth-order valence-corrected chi connectivity index (χ4v) is 0. The molecule has 0 amide bonds. The molecular weight excluding hydrogens is 114 g/mol. The SMILES string of the molecule is CC[O-].O=N[O-].[NH4+].[NH4+]. The van der Waals surface area contributed by atoms with Crippen molar-refractivity contribution in [2.45, 2.75) is 6.92 Å². The summed E-state index contributed by atoms with van der Waals surface area (Å²) in [6.07, 6.45) is 0. The molecule has 8 N–H and O–H groups in total. The molecule has 0 aliphatic rings. The summed E-state index contributed by atoms with van der Waals surface area (Å²) < 4.78 is 0. The maximum absolute atomic E-state index is 8.93. The van der Waals surface area contributed by atoms with Crippen molar-refractivity contribution in [2.75, 3.05) is 6.61 Å². The van der Waals surface area contributed by atoms with E-state index in [2.05, 4.69) is 0 Å². The summed E-state index contributed by atoms with van der Waals surface area (Å²) >= 11 is 0. The van der Waals surface area contributed by atoms with Crippen molar-refractivity contribution in [2.24, 2.45) is 5.34 Å². The molecule has 0 fully saturated rings. The minimum atomic E-state index is 0. The Hall–Kier alpha value is -0.720. The van der Waals surface area contributed by atoms with Crippen LogP contribution in [0.15, 0.2) is 5.34 Å². The molecule has 0 aromatic rings. The standard InChI is InChI=1S/C2H5O.HNO2.2H3N/c1-2-3;2-1-3;;/h2H2,1H3;(H,2,3);2*1H3/q-1;;;/p+1. The van der Waals surface area contributed by atoms with E-state index in [1.165, 1.54) is 0 Å². The van der Waals surface area contributed by atoms with Gasteiger partial charge in [0.15, 0.2) is 0 Å². The lowest BCUT2D eigenvalue weighted by atomic mass is 10.9.